The van der Waals surface area contributed by atoms with Crippen LogP contribution in [0.2, 0.25) is 0 Å². The smallest absolute Gasteiger partial charge is 0.222 e. The SMILES string of the molecule is CC1(C)CCC(=O)N(C/C=C/CCl)CC1. The number of rotatable bonds is 3. The van der Waals surface area contributed by atoms with Crippen LogP contribution in [0, 0.1) is 5.41 Å². The van der Waals surface area contributed by atoms with Crippen molar-refractivity contribution in [3.05, 3.63) is 12.2 Å². The van der Waals surface area contributed by atoms with Gasteiger partial charge in [0.15, 0.2) is 0 Å². The molecule has 0 radical (unpaired) electrons. The average molecular weight is 230 g/mol. The van der Waals surface area contributed by atoms with Crippen LogP contribution in [0.4, 0.5) is 0 Å². The summed E-state index contributed by atoms with van der Waals surface area (Å²) in [6.07, 6.45) is 6.64. The first kappa shape index (κ1) is 12.6. The fourth-order valence-corrected chi connectivity index (χ4v) is 1.87. The van der Waals surface area contributed by atoms with E-state index in [0.29, 0.717) is 24.3 Å². The normalized spacial score (nSPS) is 22.1. The van der Waals surface area contributed by atoms with Crippen molar-refractivity contribution < 1.29 is 4.79 Å². The summed E-state index contributed by atoms with van der Waals surface area (Å²) in [5.41, 5.74) is 0.306. The molecule has 1 amide bonds. The van der Waals surface area contributed by atoms with E-state index in [1.807, 2.05) is 17.1 Å². The third kappa shape index (κ3) is 4.25. The minimum absolute atomic E-state index is 0.278. The zero-order valence-corrected chi connectivity index (χ0v) is 10.4. The van der Waals surface area contributed by atoms with Crippen LogP contribution >= 0.6 is 11.6 Å². The number of halogens is 1. The fraction of sp³-hybridized carbons (Fsp3) is 0.750. The first-order chi connectivity index (χ1) is 7.05. The van der Waals surface area contributed by atoms with E-state index in [-0.39, 0.29) is 5.91 Å². The Kier molecular flexibility index (Phi) is 4.65. The van der Waals surface area contributed by atoms with Crippen LogP contribution in [0.5, 0.6) is 0 Å². The van der Waals surface area contributed by atoms with E-state index < -0.39 is 0 Å². The van der Waals surface area contributed by atoms with Gasteiger partial charge in [-0.1, -0.05) is 26.0 Å². The molecule has 0 atom stereocenters. The molecule has 0 saturated carbocycles. The first-order valence-electron chi connectivity index (χ1n) is 5.54. The van der Waals surface area contributed by atoms with Gasteiger partial charge in [-0.25, -0.2) is 0 Å². The maximum absolute atomic E-state index is 11.8. The van der Waals surface area contributed by atoms with Crippen molar-refractivity contribution in [2.75, 3.05) is 19.0 Å². The van der Waals surface area contributed by atoms with Crippen LogP contribution < -0.4 is 0 Å². The summed E-state index contributed by atoms with van der Waals surface area (Å²) in [5.74, 6) is 0.799. The van der Waals surface area contributed by atoms with E-state index in [0.717, 1.165) is 19.4 Å². The van der Waals surface area contributed by atoms with Crippen molar-refractivity contribution in [3.8, 4) is 0 Å². The number of amides is 1. The molecule has 0 aromatic heterocycles. The van der Waals surface area contributed by atoms with Crippen LogP contribution in [-0.2, 0) is 4.79 Å². The van der Waals surface area contributed by atoms with Gasteiger partial charge in [0.1, 0.15) is 0 Å². The average Bonchev–Trinajstić information content (AvgIpc) is 2.31. The molecule has 2 nitrogen and oxygen atoms in total. The summed E-state index contributed by atoms with van der Waals surface area (Å²) in [4.78, 5) is 13.7. The van der Waals surface area contributed by atoms with Crippen molar-refractivity contribution >= 4 is 17.5 Å². The second-order valence-corrected chi connectivity index (χ2v) is 5.19. The van der Waals surface area contributed by atoms with Gasteiger partial charge >= 0.3 is 0 Å². The van der Waals surface area contributed by atoms with Gasteiger partial charge in [-0.3, -0.25) is 4.79 Å². The molecule has 0 aromatic rings. The predicted molar refractivity (Wildman–Crippen MR) is 64.1 cm³/mol. The topological polar surface area (TPSA) is 20.3 Å². The predicted octanol–water partition coefficient (Wildman–Crippen LogP) is 2.82. The maximum Gasteiger partial charge on any atom is 0.222 e. The van der Waals surface area contributed by atoms with E-state index in [1.165, 1.54) is 0 Å². The van der Waals surface area contributed by atoms with E-state index in [9.17, 15) is 4.79 Å². The highest BCUT2D eigenvalue weighted by Crippen LogP contribution is 2.30. The summed E-state index contributed by atoms with van der Waals surface area (Å²) < 4.78 is 0. The third-order valence-electron chi connectivity index (χ3n) is 3.01. The van der Waals surface area contributed by atoms with Crippen molar-refractivity contribution in [2.24, 2.45) is 5.41 Å². The number of likely N-dealkylation sites (tertiary alicyclic amines) is 1. The summed E-state index contributed by atoms with van der Waals surface area (Å²) >= 11 is 5.54. The summed E-state index contributed by atoms with van der Waals surface area (Å²) in [5, 5.41) is 0. The van der Waals surface area contributed by atoms with Gasteiger partial charge in [-0.2, -0.15) is 0 Å². The Labute approximate surface area is 97.3 Å². The molecule has 0 spiro atoms. The lowest BCUT2D eigenvalue weighted by atomic mass is 9.85. The minimum Gasteiger partial charge on any atom is -0.339 e. The molecule has 0 aromatic carbocycles. The van der Waals surface area contributed by atoms with E-state index in [1.54, 1.807) is 0 Å². The van der Waals surface area contributed by atoms with E-state index in [4.69, 9.17) is 11.6 Å². The highest BCUT2D eigenvalue weighted by molar-refractivity contribution is 6.18. The Balaban J connectivity index is 2.50. The van der Waals surface area contributed by atoms with Gasteiger partial charge < -0.3 is 4.90 Å². The summed E-state index contributed by atoms with van der Waals surface area (Å²) in [7, 11) is 0. The lowest BCUT2D eigenvalue weighted by Crippen LogP contribution is -2.30. The zero-order chi connectivity index (χ0) is 11.3. The van der Waals surface area contributed by atoms with Crippen molar-refractivity contribution in [1.82, 2.24) is 4.90 Å². The second kappa shape index (κ2) is 5.55. The van der Waals surface area contributed by atoms with Crippen LogP contribution in [0.1, 0.15) is 33.1 Å². The van der Waals surface area contributed by atoms with Crippen molar-refractivity contribution in [3.63, 3.8) is 0 Å². The Morgan fingerprint density at radius 3 is 2.80 bits per heavy atom. The molecule has 0 unspecified atom stereocenters. The molecular weight excluding hydrogens is 210 g/mol. The largest absolute Gasteiger partial charge is 0.339 e. The summed E-state index contributed by atoms with van der Waals surface area (Å²) in [6.45, 7) is 6.05. The molecule has 1 rings (SSSR count). The van der Waals surface area contributed by atoms with Crippen LogP contribution in [0.15, 0.2) is 12.2 Å². The third-order valence-corrected chi connectivity index (χ3v) is 3.19. The Morgan fingerprint density at radius 2 is 2.13 bits per heavy atom. The zero-order valence-electron chi connectivity index (χ0n) is 9.63. The number of carbonyl (C=O) groups is 1. The van der Waals surface area contributed by atoms with Gasteiger partial charge in [0.25, 0.3) is 0 Å². The molecular formula is C12H20ClNO. The highest BCUT2D eigenvalue weighted by atomic mass is 35.5. The molecule has 86 valence electrons. The first-order valence-corrected chi connectivity index (χ1v) is 6.07. The molecule has 3 heteroatoms. The van der Waals surface area contributed by atoms with Crippen LogP contribution in [-0.4, -0.2) is 29.8 Å². The van der Waals surface area contributed by atoms with E-state index in [2.05, 4.69) is 13.8 Å². The molecule has 1 fully saturated rings. The monoisotopic (exact) mass is 229 g/mol. The molecule has 1 heterocycles. The molecule has 0 aliphatic carbocycles. The minimum atomic E-state index is 0.278. The van der Waals surface area contributed by atoms with Crippen molar-refractivity contribution in [2.45, 2.75) is 33.1 Å². The Morgan fingerprint density at radius 1 is 1.40 bits per heavy atom. The highest BCUT2D eigenvalue weighted by Gasteiger charge is 2.26. The standard InChI is InChI=1S/C12H20ClNO/c1-12(2)6-5-11(15)14(10-7-12)9-4-3-8-13/h3-4H,5-10H2,1-2H3/b4-3+. The van der Waals surface area contributed by atoms with Gasteiger partial charge in [-0.15, -0.1) is 11.6 Å². The van der Waals surface area contributed by atoms with Gasteiger partial charge in [0, 0.05) is 25.4 Å². The van der Waals surface area contributed by atoms with Gasteiger partial charge in [0.2, 0.25) is 5.91 Å². The van der Waals surface area contributed by atoms with Crippen molar-refractivity contribution in [1.29, 1.82) is 0 Å². The number of hydrogen-bond donors (Lipinski definition) is 0. The molecule has 1 aliphatic heterocycles. The van der Waals surface area contributed by atoms with Crippen LogP contribution in [0.25, 0.3) is 0 Å². The van der Waals surface area contributed by atoms with E-state index >= 15 is 0 Å². The molecule has 0 N–H and O–H groups in total. The number of carbonyl (C=O) groups excluding carboxylic acids is 1. The molecule has 0 bridgehead atoms. The van der Waals surface area contributed by atoms with Gasteiger partial charge in [-0.05, 0) is 18.3 Å². The second-order valence-electron chi connectivity index (χ2n) is 4.88. The van der Waals surface area contributed by atoms with Gasteiger partial charge in [0.05, 0.1) is 0 Å². The Hall–Kier alpha value is -0.500. The lowest BCUT2D eigenvalue weighted by Gasteiger charge is -2.22. The number of alkyl halides is 1. The molecule has 15 heavy (non-hydrogen) atoms. The number of hydrogen-bond acceptors (Lipinski definition) is 1. The lowest BCUT2D eigenvalue weighted by molar-refractivity contribution is -0.130. The maximum atomic E-state index is 11.8. The fourth-order valence-electron chi connectivity index (χ4n) is 1.75. The summed E-state index contributed by atoms with van der Waals surface area (Å²) in [6, 6.07) is 0. The quantitative estimate of drug-likeness (QED) is 0.538. The molecule has 1 aliphatic rings. The van der Waals surface area contributed by atoms with Crippen LogP contribution in [0.3, 0.4) is 0 Å². The number of allylic oxidation sites excluding steroid dienone is 1. The number of nitrogens with zero attached hydrogens (tertiary/aromatic N) is 1. The molecule has 1 saturated heterocycles. The Bertz CT molecular complexity index is 248.